The van der Waals surface area contributed by atoms with E-state index < -0.39 is 12.2 Å². The van der Waals surface area contributed by atoms with Crippen LogP contribution >= 0.6 is 0 Å². The molecule has 2 atom stereocenters. The summed E-state index contributed by atoms with van der Waals surface area (Å²) in [6.07, 6.45) is 1.00. The van der Waals surface area contributed by atoms with Gasteiger partial charge < -0.3 is 28.8 Å². The van der Waals surface area contributed by atoms with Crippen molar-refractivity contribution in [2.75, 3.05) is 28.4 Å². The number of aliphatic hydroxyl groups excluding tert-OH is 1. The van der Waals surface area contributed by atoms with Crippen molar-refractivity contribution in [3.05, 3.63) is 54.1 Å². The number of benzene rings is 2. The highest BCUT2D eigenvalue weighted by molar-refractivity contribution is 5.54. The van der Waals surface area contributed by atoms with E-state index >= 15 is 0 Å². The summed E-state index contributed by atoms with van der Waals surface area (Å²) in [7, 11) is 6.24. The number of rotatable bonds is 10. The molecule has 0 unspecified atom stereocenters. The molecule has 0 bridgehead atoms. The molecular weight excluding hydrogens is 360 g/mol. The number of hydrogen-bond acceptors (Lipinski definition) is 6. The molecule has 1 N–H and O–H groups in total. The molecule has 0 amide bonds. The molecular formula is C22H28O6. The highest BCUT2D eigenvalue weighted by atomic mass is 16.5. The number of methoxy groups -OCH3 is 4. The molecule has 6 heteroatoms. The zero-order valence-electron chi connectivity index (χ0n) is 17.0. The van der Waals surface area contributed by atoms with Gasteiger partial charge in [0.1, 0.15) is 12.2 Å². The summed E-state index contributed by atoms with van der Waals surface area (Å²) in [5.41, 5.74) is 1.63. The maximum absolute atomic E-state index is 10.8. The Kier molecular flexibility index (Phi) is 7.58. The lowest BCUT2D eigenvalue weighted by atomic mass is 10.0. The number of hydrogen-bond donors (Lipinski definition) is 1. The molecule has 0 aromatic heterocycles. The lowest BCUT2D eigenvalue weighted by molar-refractivity contribution is 0.0433. The van der Waals surface area contributed by atoms with Crippen LogP contribution in [0.1, 0.15) is 24.2 Å². The average Bonchev–Trinajstić information content (AvgIpc) is 2.73. The predicted molar refractivity (Wildman–Crippen MR) is 108 cm³/mol. The zero-order chi connectivity index (χ0) is 20.7. The van der Waals surface area contributed by atoms with E-state index in [0.29, 0.717) is 40.7 Å². The highest BCUT2D eigenvalue weighted by Gasteiger charge is 2.23. The van der Waals surface area contributed by atoms with Gasteiger partial charge in [-0.2, -0.15) is 0 Å². The molecule has 28 heavy (non-hydrogen) atoms. The van der Waals surface area contributed by atoms with Gasteiger partial charge in [0, 0.05) is 0 Å². The Morgan fingerprint density at radius 3 is 1.96 bits per heavy atom. The van der Waals surface area contributed by atoms with Crippen LogP contribution in [-0.4, -0.2) is 39.6 Å². The van der Waals surface area contributed by atoms with Gasteiger partial charge in [-0.1, -0.05) is 12.1 Å². The summed E-state index contributed by atoms with van der Waals surface area (Å²) in [6, 6.07) is 8.98. The summed E-state index contributed by atoms with van der Waals surface area (Å²) in [5, 5.41) is 10.8. The van der Waals surface area contributed by atoms with E-state index in [4.69, 9.17) is 23.7 Å². The Labute approximate surface area is 166 Å². The van der Waals surface area contributed by atoms with Crippen LogP contribution in [0.2, 0.25) is 0 Å². The topological polar surface area (TPSA) is 66.4 Å². The van der Waals surface area contributed by atoms with Gasteiger partial charge in [0.25, 0.3) is 0 Å². The summed E-state index contributed by atoms with van der Waals surface area (Å²) in [5.74, 6) is 2.62. The molecule has 0 spiro atoms. The van der Waals surface area contributed by atoms with E-state index in [-0.39, 0.29) is 0 Å². The molecule has 2 rings (SSSR count). The molecule has 0 saturated carbocycles. The van der Waals surface area contributed by atoms with Crippen molar-refractivity contribution >= 4 is 0 Å². The molecule has 0 fully saturated rings. The van der Waals surface area contributed by atoms with Gasteiger partial charge in [0.15, 0.2) is 23.0 Å². The van der Waals surface area contributed by atoms with Crippen molar-refractivity contribution in [3.63, 3.8) is 0 Å². The molecule has 0 saturated heterocycles. The Morgan fingerprint density at radius 1 is 0.893 bits per heavy atom. The van der Waals surface area contributed by atoms with Gasteiger partial charge >= 0.3 is 0 Å². The van der Waals surface area contributed by atoms with Crippen LogP contribution in [0.4, 0.5) is 0 Å². The number of aliphatic hydroxyl groups is 1. The normalized spacial score (nSPS) is 12.6. The van der Waals surface area contributed by atoms with Crippen LogP contribution in [0.15, 0.2) is 43.0 Å². The maximum atomic E-state index is 10.8. The highest BCUT2D eigenvalue weighted by Crippen LogP contribution is 2.41. The van der Waals surface area contributed by atoms with E-state index in [1.165, 1.54) is 0 Å². The third-order valence-corrected chi connectivity index (χ3v) is 4.40. The summed E-state index contributed by atoms with van der Waals surface area (Å²) < 4.78 is 27.5. The summed E-state index contributed by atoms with van der Waals surface area (Å²) in [4.78, 5) is 0. The molecule has 0 aliphatic rings. The van der Waals surface area contributed by atoms with E-state index in [2.05, 4.69) is 6.58 Å². The Hall–Kier alpha value is -2.86. The van der Waals surface area contributed by atoms with Crippen LogP contribution < -0.4 is 23.7 Å². The Morgan fingerprint density at radius 2 is 1.46 bits per heavy atom. The SMILES string of the molecule is C=CCc1cc(OC)c(O[C@@H](C)[C@H](O)c2ccc(OC)c(OC)c2)c(OC)c1. The lowest BCUT2D eigenvalue weighted by Crippen LogP contribution is -2.22. The summed E-state index contributed by atoms with van der Waals surface area (Å²) in [6.45, 7) is 5.53. The van der Waals surface area contributed by atoms with Crippen LogP contribution in [0.25, 0.3) is 0 Å². The molecule has 2 aromatic carbocycles. The van der Waals surface area contributed by atoms with Gasteiger partial charge in [0.2, 0.25) is 5.75 Å². The van der Waals surface area contributed by atoms with Gasteiger partial charge in [0.05, 0.1) is 28.4 Å². The van der Waals surface area contributed by atoms with Gasteiger partial charge in [-0.25, -0.2) is 0 Å². The third-order valence-electron chi connectivity index (χ3n) is 4.40. The quantitative estimate of drug-likeness (QED) is 0.622. The molecule has 2 aromatic rings. The van der Waals surface area contributed by atoms with E-state index in [1.54, 1.807) is 59.6 Å². The van der Waals surface area contributed by atoms with E-state index in [1.807, 2.05) is 12.1 Å². The van der Waals surface area contributed by atoms with Crippen LogP contribution in [0.5, 0.6) is 28.7 Å². The molecule has 0 aliphatic carbocycles. The largest absolute Gasteiger partial charge is 0.493 e. The second kappa shape index (κ2) is 9.90. The molecule has 0 radical (unpaired) electrons. The van der Waals surface area contributed by atoms with Crippen molar-refractivity contribution < 1.29 is 28.8 Å². The standard InChI is InChI=1S/C22H28O6/c1-7-8-15-11-19(26-5)22(20(12-15)27-6)28-14(2)21(23)16-9-10-17(24-3)18(13-16)25-4/h7,9-14,21,23H,1,8H2,2-6H3/t14-,21-/m0/s1. The minimum Gasteiger partial charge on any atom is -0.493 e. The Bertz CT molecular complexity index is 777. The molecule has 0 heterocycles. The van der Waals surface area contributed by atoms with Crippen molar-refractivity contribution in [2.45, 2.75) is 25.6 Å². The van der Waals surface area contributed by atoms with Gasteiger partial charge in [-0.05, 0) is 48.7 Å². The van der Waals surface area contributed by atoms with Crippen LogP contribution in [-0.2, 0) is 6.42 Å². The number of allylic oxidation sites excluding steroid dienone is 1. The fourth-order valence-corrected chi connectivity index (χ4v) is 2.89. The minimum atomic E-state index is -0.901. The molecule has 6 nitrogen and oxygen atoms in total. The first-order chi connectivity index (χ1) is 13.5. The predicted octanol–water partition coefficient (Wildman–Crippen LogP) is 3.95. The fourth-order valence-electron chi connectivity index (χ4n) is 2.89. The lowest BCUT2D eigenvalue weighted by Gasteiger charge is -2.24. The average molecular weight is 388 g/mol. The van der Waals surface area contributed by atoms with Gasteiger partial charge in [-0.3, -0.25) is 0 Å². The van der Waals surface area contributed by atoms with E-state index in [9.17, 15) is 5.11 Å². The second-order valence-corrected chi connectivity index (χ2v) is 6.20. The smallest absolute Gasteiger partial charge is 0.203 e. The van der Waals surface area contributed by atoms with Crippen molar-refractivity contribution in [1.29, 1.82) is 0 Å². The third kappa shape index (κ3) is 4.70. The van der Waals surface area contributed by atoms with E-state index in [0.717, 1.165) is 5.56 Å². The number of ether oxygens (including phenoxy) is 5. The van der Waals surface area contributed by atoms with Crippen molar-refractivity contribution in [1.82, 2.24) is 0 Å². The molecule has 0 aliphatic heterocycles. The van der Waals surface area contributed by atoms with Crippen molar-refractivity contribution in [2.24, 2.45) is 0 Å². The first-order valence-corrected chi connectivity index (χ1v) is 8.91. The monoisotopic (exact) mass is 388 g/mol. The molecule has 152 valence electrons. The maximum Gasteiger partial charge on any atom is 0.203 e. The first kappa shape index (κ1) is 21.4. The minimum absolute atomic E-state index is 0.435. The van der Waals surface area contributed by atoms with Crippen molar-refractivity contribution in [3.8, 4) is 28.7 Å². The first-order valence-electron chi connectivity index (χ1n) is 8.91. The Balaban J connectivity index is 2.30. The second-order valence-electron chi connectivity index (χ2n) is 6.20. The van der Waals surface area contributed by atoms with Gasteiger partial charge in [-0.15, -0.1) is 6.58 Å². The zero-order valence-corrected chi connectivity index (χ0v) is 17.0. The summed E-state index contributed by atoms with van der Waals surface area (Å²) >= 11 is 0. The fraction of sp³-hybridized carbons (Fsp3) is 0.364. The van der Waals surface area contributed by atoms with Crippen LogP contribution in [0, 0.1) is 0 Å². The van der Waals surface area contributed by atoms with Crippen LogP contribution in [0.3, 0.4) is 0 Å².